The molecule has 0 amide bonds. The lowest BCUT2D eigenvalue weighted by atomic mass is 9.45. The average molecular weight is 391 g/mol. The molecule has 0 heterocycles. The Balaban J connectivity index is 1.26. The van der Waals surface area contributed by atoms with E-state index in [1.165, 1.54) is 36.9 Å². The van der Waals surface area contributed by atoms with Crippen molar-refractivity contribution in [2.45, 2.75) is 52.0 Å². The van der Waals surface area contributed by atoms with Crippen molar-refractivity contribution in [1.82, 2.24) is 10.6 Å². The third-order valence-electron chi connectivity index (χ3n) is 7.93. The average Bonchev–Trinajstić information content (AvgIpc) is 2.76. The molecule has 2 N–H and O–H groups in total. The van der Waals surface area contributed by atoms with Crippen LogP contribution >= 0.6 is 0 Å². The van der Waals surface area contributed by atoms with Crippen LogP contribution in [0.5, 0.6) is 0 Å². The Hall–Kier alpha value is -1.64. The Morgan fingerprint density at radius 3 is 2.07 bits per heavy atom. The van der Waals surface area contributed by atoms with Crippen LogP contribution in [0.25, 0.3) is 0 Å². The van der Waals surface area contributed by atoms with Gasteiger partial charge in [0.05, 0.1) is 0 Å². The molecule has 3 aliphatic carbocycles. The standard InChI is InChI=1S/C27H38N2/c1-20(29-18-23-14-15-24-16-26(23)27(24,2)3)17-28-19-25(21-10-6-4-7-11-21)22-12-8-5-9-13-22/h4-13,20,23-26,28-29H,14-19H2,1-3H3/t20?,23?,24?,26-/m0/s1. The molecule has 156 valence electrons. The van der Waals surface area contributed by atoms with E-state index < -0.39 is 0 Å². The molecule has 3 unspecified atom stereocenters. The van der Waals surface area contributed by atoms with E-state index in [1.807, 2.05) is 0 Å². The lowest BCUT2D eigenvalue weighted by Gasteiger charge is -2.60. The summed E-state index contributed by atoms with van der Waals surface area (Å²) in [6, 6.07) is 22.3. The molecule has 0 spiro atoms. The van der Waals surface area contributed by atoms with Crippen molar-refractivity contribution in [2.24, 2.45) is 23.2 Å². The van der Waals surface area contributed by atoms with Crippen LogP contribution in [0, 0.1) is 23.2 Å². The number of rotatable bonds is 9. The van der Waals surface area contributed by atoms with Gasteiger partial charge in [-0.1, -0.05) is 74.5 Å². The van der Waals surface area contributed by atoms with Gasteiger partial charge in [-0.2, -0.15) is 0 Å². The molecule has 2 nitrogen and oxygen atoms in total. The van der Waals surface area contributed by atoms with Crippen molar-refractivity contribution in [3.63, 3.8) is 0 Å². The predicted octanol–water partition coefficient (Wildman–Crippen LogP) is 5.46. The van der Waals surface area contributed by atoms with Gasteiger partial charge in [0.25, 0.3) is 0 Å². The first-order valence-corrected chi connectivity index (χ1v) is 11.6. The van der Waals surface area contributed by atoms with Crippen molar-refractivity contribution in [3.8, 4) is 0 Å². The lowest BCUT2D eigenvalue weighted by molar-refractivity contribution is -0.104. The molecule has 0 saturated heterocycles. The largest absolute Gasteiger partial charge is 0.314 e. The van der Waals surface area contributed by atoms with Crippen LogP contribution < -0.4 is 10.6 Å². The van der Waals surface area contributed by atoms with Gasteiger partial charge in [0.15, 0.2) is 0 Å². The van der Waals surface area contributed by atoms with Crippen LogP contribution in [-0.2, 0) is 0 Å². The van der Waals surface area contributed by atoms with Gasteiger partial charge in [0, 0.05) is 25.0 Å². The number of nitrogens with one attached hydrogen (secondary N) is 2. The molecule has 2 aromatic rings. The maximum absolute atomic E-state index is 3.84. The van der Waals surface area contributed by atoms with E-state index in [0.29, 0.717) is 17.4 Å². The highest BCUT2D eigenvalue weighted by Gasteiger charge is 2.53. The number of hydrogen-bond donors (Lipinski definition) is 2. The van der Waals surface area contributed by atoms with E-state index in [9.17, 15) is 0 Å². The molecule has 2 bridgehead atoms. The van der Waals surface area contributed by atoms with Crippen LogP contribution in [0.15, 0.2) is 60.7 Å². The first-order valence-electron chi connectivity index (χ1n) is 11.6. The molecule has 0 aliphatic heterocycles. The summed E-state index contributed by atoms with van der Waals surface area (Å²) in [5, 5.41) is 7.58. The summed E-state index contributed by atoms with van der Waals surface area (Å²) in [5.74, 6) is 3.21. The Bertz CT molecular complexity index is 713. The van der Waals surface area contributed by atoms with E-state index in [4.69, 9.17) is 0 Å². The van der Waals surface area contributed by atoms with Gasteiger partial charge in [0.1, 0.15) is 0 Å². The molecule has 3 saturated carbocycles. The third kappa shape index (κ3) is 4.59. The summed E-state index contributed by atoms with van der Waals surface area (Å²) in [7, 11) is 0. The van der Waals surface area contributed by atoms with Gasteiger partial charge >= 0.3 is 0 Å². The maximum atomic E-state index is 3.84. The van der Waals surface area contributed by atoms with E-state index in [0.717, 1.165) is 30.8 Å². The zero-order chi connectivity index (χ0) is 20.3. The minimum absolute atomic E-state index is 0.399. The molecule has 29 heavy (non-hydrogen) atoms. The SMILES string of the molecule is CC(CNCC(c1ccccc1)c1ccccc1)NCC1CCC2C[C@@H]1C2(C)C. The molecule has 2 aromatic carbocycles. The smallest absolute Gasteiger partial charge is 0.0214 e. The third-order valence-corrected chi connectivity index (χ3v) is 7.93. The maximum Gasteiger partial charge on any atom is 0.0214 e. The van der Waals surface area contributed by atoms with Crippen molar-refractivity contribution < 1.29 is 0 Å². The second-order valence-corrected chi connectivity index (χ2v) is 10.0. The van der Waals surface area contributed by atoms with Gasteiger partial charge in [-0.25, -0.2) is 0 Å². The van der Waals surface area contributed by atoms with Crippen LogP contribution in [0.2, 0.25) is 0 Å². The highest BCUT2D eigenvalue weighted by Crippen LogP contribution is 2.61. The van der Waals surface area contributed by atoms with Crippen molar-refractivity contribution in [3.05, 3.63) is 71.8 Å². The summed E-state index contributed by atoms with van der Waals surface area (Å²) in [6.07, 6.45) is 4.34. The van der Waals surface area contributed by atoms with Crippen LogP contribution in [0.3, 0.4) is 0 Å². The van der Waals surface area contributed by atoms with E-state index in [1.54, 1.807) is 0 Å². The van der Waals surface area contributed by atoms with Crippen molar-refractivity contribution >= 4 is 0 Å². The Labute approximate surface area is 177 Å². The number of benzene rings is 2. The fraction of sp³-hybridized carbons (Fsp3) is 0.556. The molecular weight excluding hydrogens is 352 g/mol. The summed E-state index contributed by atoms with van der Waals surface area (Å²) in [6.45, 7) is 10.5. The van der Waals surface area contributed by atoms with E-state index in [-0.39, 0.29) is 0 Å². The van der Waals surface area contributed by atoms with Crippen LogP contribution in [0.1, 0.15) is 57.1 Å². The predicted molar refractivity (Wildman–Crippen MR) is 123 cm³/mol. The van der Waals surface area contributed by atoms with Gasteiger partial charge in [-0.3, -0.25) is 0 Å². The number of hydrogen-bond acceptors (Lipinski definition) is 2. The number of fused-ring (bicyclic) bond motifs is 2. The van der Waals surface area contributed by atoms with E-state index in [2.05, 4.69) is 92.1 Å². The van der Waals surface area contributed by atoms with Crippen molar-refractivity contribution in [2.75, 3.05) is 19.6 Å². The van der Waals surface area contributed by atoms with Crippen molar-refractivity contribution in [1.29, 1.82) is 0 Å². The minimum atomic E-state index is 0.399. The first-order chi connectivity index (χ1) is 14.1. The fourth-order valence-electron chi connectivity index (χ4n) is 5.87. The second-order valence-electron chi connectivity index (χ2n) is 10.0. The Morgan fingerprint density at radius 1 is 0.897 bits per heavy atom. The zero-order valence-electron chi connectivity index (χ0n) is 18.4. The highest BCUT2D eigenvalue weighted by molar-refractivity contribution is 5.32. The molecule has 2 heteroatoms. The van der Waals surface area contributed by atoms with Gasteiger partial charge in [0.2, 0.25) is 0 Å². The Morgan fingerprint density at radius 2 is 1.52 bits per heavy atom. The lowest BCUT2D eigenvalue weighted by Crippen LogP contribution is -2.55. The zero-order valence-corrected chi connectivity index (χ0v) is 18.4. The first kappa shape index (κ1) is 20.6. The summed E-state index contributed by atoms with van der Waals surface area (Å²) < 4.78 is 0. The van der Waals surface area contributed by atoms with E-state index >= 15 is 0 Å². The quantitative estimate of drug-likeness (QED) is 0.594. The molecule has 0 aromatic heterocycles. The minimum Gasteiger partial charge on any atom is -0.314 e. The summed E-state index contributed by atoms with van der Waals surface area (Å²) in [5.41, 5.74) is 3.36. The molecular formula is C27H38N2. The van der Waals surface area contributed by atoms with Gasteiger partial charge in [-0.15, -0.1) is 0 Å². The van der Waals surface area contributed by atoms with Crippen LogP contribution in [0.4, 0.5) is 0 Å². The fourth-order valence-corrected chi connectivity index (χ4v) is 5.87. The summed E-state index contributed by atoms with van der Waals surface area (Å²) in [4.78, 5) is 0. The normalized spacial score (nSPS) is 26.1. The van der Waals surface area contributed by atoms with Gasteiger partial charge < -0.3 is 10.6 Å². The molecule has 5 rings (SSSR count). The topological polar surface area (TPSA) is 24.1 Å². The second kappa shape index (κ2) is 9.02. The molecule has 0 radical (unpaired) electrons. The Kier molecular flexibility index (Phi) is 6.41. The molecule has 4 atom stereocenters. The molecule has 3 fully saturated rings. The monoisotopic (exact) mass is 390 g/mol. The van der Waals surface area contributed by atoms with Crippen LogP contribution in [-0.4, -0.2) is 25.7 Å². The van der Waals surface area contributed by atoms with Gasteiger partial charge in [-0.05, 0) is 67.0 Å². The summed E-state index contributed by atoms with van der Waals surface area (Å²) >= 11 is 0. The molecule has 3 aliphatic rings. The highest BCUT2D eigenvalue weighted by atomic mass is 15.0.